The third-order valence-electron chi connectivity index (χ3n) is 3.37. The zero-order valence-electron chi connectivity index (χ0n) is 10.8. The van der Waals surface area contributed by atoms with Crippen LogP contribution in [0.5, 0.6) is 5.75 Å². The number of rotatable bonds is 4. The van der Waals surface area contributed by atoms with Gasteiger partial charge in [-0.1, -0.05) is 0 Å². The predicted molar refractivity (Wildman–Crippen MR) is 71.4 cm³/mol. The zero-order chi connectivity index (χ0) is 13.0. The molecule has 0 spiro atoms. The summed E-state index contributed by atoms with van der Waals surface area (Å²) in [4.78, 5) is 0. The van der Waals surface area contributed by atoms with Gasteiger partial charge in [0.1, 0.15) is 11.6 Å². The van der Waals surface area contributed by atoms with Crippen LogP contribution >= 0.6 is 0 Å². The molecule has 3 N–H and O–H groups in total. The molecule has 1 aliphatic rings. The molecule has 0 heterocycles. The SMILES string of the molecule is CCOc1cc(F)ccc1NC1CCC(N)CC1. The summed E-state index contributed by atoms with van der Waals surface area (Å²) >= 11 is 0. The van der Waals surface area contributed by atoms with Crippen molar-refractivity contribution >= 4 is 5.69 Å². The van der Waals surface area contributed by atoms with Gasteiger partial charge in [0.05, 0.1) is 12.3 Å². The standard InChI is InChI=1S/C14H21FN2O/c1-2-18-14-9-10(15)3-8-13(14)17-12-6-4-11(16)5-7-12/h3,8-9,11-12,17H,2,4-7,16H2,1H3. The van der Waals surface area contributed by atoms with E-state index in [1.165, 1.54) is 12.1 Å². The zero-order valence-corrected chi connectivity index (χ0v) is 10.8. The Hall–Kier alpha value is -1.29. The lowest BCUT2D eigenvalue weighted by molar-refractivity contribution is 0.338. The number of nitrogens with one attached hydrogen (secondary N) is 1. The molecule has 0 atom stereocenters. The lowest BCUT2D eigenvalue weighted by atomic mass is 9.91. The lowest BCUT2D eigenvalue weighted by Gasteiger charge is -2.28. The highest BCUT2D eigenvalue weighted by Crippen LogP contribution is 2.29. The van der Waals surface area contributed by atoms with Crippen molar-refractivity contribution in [2.75, 3.05) is 11.9 Å². The van der Waals surface area contributed by atoms with Crippen molar-refractivity contribution in [1.29, 1.82) is 0 Å². The molecule has 1 aliphatic carbocycles. The van der Waals surface area contributed by atoms with Gasteiger partial charge < -0.3 is 15.8 Å². The molecule has 100 valence electrons. The van der Waals surface area contributed by atoms with Gasteiger partial charge in [-0.25, -0.2) is 4.39 Å². The molecule has 2 rings (SSSR count). The predicted octanol–water partition coefficient (Wildman–Crippen LogP) is 2.91. The smallest absolute Gasteiger partial charge is 0.145 e. The first kappa shape index (κ1) is 13.1. The number of ether oxygens (including phenoxy) is 1. The average molecular weight is 252 g/mol. The maximum atomic E-state index is 13.2. The maximum Gasteiger partial charge on any atom is 0.145 e. The van der Waals surface area contributed by atoms with Crippen LogP contribution in [0.15, 0.2) is 18.2 Å². The minimum absolute atomic E-state index is 0.269. The van der Waals surface area contributed by atoms with Crippen LogP contribution in [0, 0.1) is 5.82 Å². The summed E-state index contributed by atoms with van der Waals surface area (Å²) in [5.74, 6) is 0.321. The Bertz CT molecular complexity index is 389. The van der Waals surface area contributed by atoms with E-state index >= 15 is 0 Å². The molecule has 1 saturated carbocycles. The van der Waals surface area contributed by atoms with Crippen LogP contribution in [0.2, 0.25) is 0 Å². The van der Waals surface area contributed by atoms with Crippen LogP contribution in [-0.4, -0.2) is 18.7 Å². The Morgan fingerprint density at radius 2 is 2.06 bits per heavy atom. The summed E-state index contributed by atoms with van der Waals surface area (Å²) in [6, 6.07) is 5.38. The van der Waals surface area contributed by atoms with Crippen molar-refractivity contribution in [3.63, 3.8) is 0 Å². The van der Waals surface area contributed by atoms with Crippen LogP contribution in [0.4, 0.5) is 10.1 Å². The van der Waals surface area contributed by atoms with Gasteiger partial charge in [0, 0.05) is 18.2 Å². The third-order valence-corrected chi connectivity index (χ3v) is 3.37. The fourth-order valence-corrected chi connectivity index (χ4v) is 2.37. The quantitative estimate of drug-likeness (QED) is 0.866. The van der Waals surface area contributed by atoms with Crippen LogP contribution in [0.25, 0.3) is 0 Å². The first-order chi connectivity index (χ1) is 8.69. The minimum Gasteiger partial charge on any atom is -0.492 e. The molecule has 0 aromatic heterocycles. The van der Waals surface area contributed by atoms with E-state index in [0.717, 1.165) is 31.4 Å². The summed E-state index contributed by atoms with van der Waals surface area (Å²) in [5, 5.41) is 3.43. The molecular formula is C14H21FN2O. The molecule has 1 aromatic rings. The molecule has 0 amide bonds. The summed E-state index contributed by atoms with van der Waals surface area (Å²) in [7, 11) is 0. The van der Waals surface area contributed by atoms with Gasteiger partial charge in [0.15, 0.2) is 0 Å². The van der Waals surface area contributed by atoms with Crippen molar-refractivity contribution in [3.05, 3.63) is 24.0 Å². The van der Waals surface area contributed by atoms with Crippen molar-refractivity contribution in [1.82, 2.24) is 0 Å². The first-order valence-corrected chi connectivity index (χ1v) is 6.63. The normalized spacial score (nSPS) is 23.7. The molecule has 4 heteroatoms. The van der Waals surface area contributed by atoms with E-state index < -0.39 is 0 Å². The highest BCUT2D eigenvalue weighted by atomic mass is 19.1. The van der Waals surface area contributed by atoms with E-state index in [-0.39, 0.29) is 5.82 Å². The van der Waals surface area contributed by atoms with E-state index in [1.54, 1.807) is 6.07 Å². The molecule has 0 bridgehead atoms. The van der Waals surface area contributed by atoms with Crippen LogP contribution < -0.4 is 15.8 Å². The molecule has 0 unspecified atom stereocenters. The Balaban J connectivity index is 2.03. The molecular weight excluding hydrogens is 231 g/mol. The van der Waals surface area contributed by atoms with Crippen molar-refractivity contribution in [3.8, 4) is 5.75 Å². The van der Waals surface area contributed by atoms with Crippen molar-refractivity contribution < 1.29 is 9.13 Å². The van der Waals surface area contributed by atoms with Crippen LogP contribution in [-0.2, 0) is 0 Å². The largest absolute Gasteiger partial charge is 0.492 e. The molecule has 0 saturated heterocycles. The number of anilines is 1. The second-order valence-electron chi connectivity index (χ2n) is 4.83. The second kappa shape index (κ2) is 6.05. The average Bonchev–Trinajstić information content (AvgIpc) is 2.36. The fourth-order valence-electron chi connectivity index (χ4n) is 2.37. The Morgan fingerprint density at radius 3 is 2.72 bits per heavy atom. The van der Waals surface area contributed by atoms with Crippen molar-refractivity contribution in [2.45, 2.75) is 44.7 Å². The van der Waals surface area contributed by atoms with Gasteiger partial charge in [-0.3, -0.25) is 0 Å². The maximum absolute atomic E-state index is 13.2. The number of nitrogens with two attached hydrogens (primary N) is 1. The molecule has 0 radical (unpaired) electrons. The monoisotopic (exact) mass is 252 g/mol. The minimum atomic E-state index is -0.269. The molecule has 1 fully saturated rings. The van der Waals surface area contributed by atoms with E-state index in [1.807, 2.05) is 6.92 Å². The third kappa shape index (κ3) is 3.35. The van der Waals surface area contributed by atoms with E-state index in [4.69, 9.17) is 10.5 Å². The van der Waals surface area contributed by atoms with Crippen LogP contribution in [0.3, 0.4) is 0 Å². The van der Waals surface area contributed by atoms with Gasteiger partial charge in [0.2, 0.25) is 0 Å². The van der Waals surface area contributed by atoms with Gasteiger partial charge >= 0.3 is 0 Å². The van der Waals surface area contributed by atoms with E-state index in [2.05, 4.69) is 5.32 Å². The highest BCUT2D eigenvalue weighted by Gasteiger charge is 2.19. The number of hydrogen-bond donors (Lipinski definition) is 2. The summed E-state index contributed by atoms with van der Waals surface area (Å²) in [6.07, 6.45) is 4.21. The summed E-state index contributed by atoms with van der Waals surface area (Å²) in [6.45, 7) is 2.43. The second-order valence-corrected chi connectivity index (χ2v) is 4.83. The van der Waals surface area contributed by atoms with E-state index in [0.29, 0.717) is 24.4 Å². The number of hydrogen-bond acceptors (Lipinski definition) is 3. The number of halogens is 1. The summed E-state index contributed by atoms with van der Waals surface area (Å²) < 4.78 is 18.6. The molecule has 0 aliphatic heterocycles. The topological polar surface area (TPSA) is 47.3 Å². The molecule has 18 heavy (non-hydrogen) atoms. The van der Waals surface area contributed by atoms with Gasteiger partial charge in [-0.15, -0.1) is 0 Å². The van der Waals surface area contributed by atoms with E-state index in [9.17, 15) is 4.39 Å². The van der Waals surface area contributed by atoms with Crippen LogP contribution in [0.1, 0.15) is 32.6 Å². The number of benzene rings is 1. The van der Waals surface area contributed by atoms with Gasteiger partial charge in [0.25, 0.3) is 0 Å². The molecule has 1 aromatic carbocycles. The lowest BCUT2D eigenvalue weighted by Crippen LogP contribution is -2.32. The van der Waals surface area contributed by atoms with Gasteiger partial charge in [-0.2, -0.15) is 0 Å². The Kier molecular flexibility index (Phi) is 4.42. The Labute approximate surface area is 108 Å². The first-order valence-electron chi connectivity index (χ1n) is 6.63. The Morgan fingerprint density at radius 1 is 1.33 bits per heavy atom. The van der Waals surface area contributed by atoms with Gasteiger partial charge in [-0.05, 0) is 44.7 Å². The summed E-state index contributed by atoms with van der Waals surface area (Å²) in [5.41, 5.74) is 6.76. The van der Waals surface area contributed by atoms with Crippen molar-refractivity contribution in [2.24, 2.45) is 5.73 Å². The highest BCUT2D eigenvalue weighted by molar-refractivity contribution is 5.57. The molecule has 3 nitrogen and oxygen atoms in total. The fraction of sp³-hybridized carbons (Fsp3) is 0.571.